The van der Waals surface area contributed by atoms with Crippen LogP contribution in [-0.4, -0.2) is 115 Å². The molecule has 0 fully saturated rings. The minimum absolute atomic E-state index is 0.0405. The van der Waals surface area contributed by atoms with E-state index in [2.05, 4.69) is 23.7 Å². The molecule has 2 aromatic rings. The van der Waals surface area contributed by atoms with Gasteiger partial charge in [0.2, 0.25) is 0 Å². The van der Waals surface area contributed by atoms with Crippen LogP contribution in [0, 0.1) is 49.4 Å². The number of unbranched alkanes of at least 4 members (excludes halogenated alkanes) is 1. The summed E-state index contributed by atoms with van der Waals surface area (Å²) in [7, 11) is 0. The second kappa shape index (κ2) is 18.4. The molecule has 0 radical (unpaired) electrons. The van der Waals surface area contributed by atoms with Crippen LogP contribution in [0.2, 0.25) is 9.38 Å². The van der Waals surface area contributed by atoms with Crippen LogP contribution >= 0.6 is 0 Å². The number of phenols is 2. The molecule has 2 unspecified atom stereocenters. The maximum atomic E-state index is 13.7. The van der Waals surface area contributed by atoms with Crippen molar-refractivity contribution in [2.75, 3.05) is 26.2 Å². The van der Waals surface area contributed by atoms with Gasteiger partial charge in [0.25, 0.3) is 0 Å². The number of benzene rings is 2. The van der Waals surface area contributed by atoms with Crippen LogP contribution in [0.4, 0.5) is 0 Å². The fourth-order valence-electron chi connectivity index (χ4n) is 5.10. The normalized spacial score (nSPS) is 17.3. The summed E-state index contributed by atoms with van der Waals surface area (Å²) in [5.74, 6) is 3.72. The van der Waals surface area contributed by atoms with Crippen LogP contribution in [-0.2, 0) is 25.3 Å². The molecule has 282 valence electrons. The second-order valence-electron chi connectivity index (χ2n) is 11.7. The van der Waals surface area contributed by atoms with Gasteiger partial charge in [-0.05, 0) is 0 Å². The third-order valence-corrected chi connectivity index (χ3v) is 19.8. The van der Waals surface area contributed by atoms with Crippen molar-refractivity contribution in [2.24, 2.45) is 0 Å². The number of phenolic OH excluding ortho intramolecular Hbond substituents is 2. The quantitative estimate of drug-likeness (QED) is 0.115. The van der Waals surface area contributed by atoms with Crippen LogP contribution in [0.25, 0.3) is 0 Å². The first-order valence-electron chi connectivity index (χ1n) is 16.4. The molecule has 0 bridgehead atoms. The third-order valence-electron chi connectivity index (χ3n) is 7.60. The molecule has 2 heterocycles. The molecule has 2 aliphatic heterocycles. The zero-order valence-electron chi connectivity index (χ0n) is 29.7. The average Bonchev–Trinajstić information content (AvgIpc) is 3.69. The number of amides is 2. The zero-order valence-corrected chi connectivity index (χ0v) is 35.4. The number of aromatic hydroxyl groups is 2. The Morgan fingerprint density at radius 2 is 1.31 bits per heavy atom. The molecule has 0 saturated carbocycles. The van der Waals surface area contributed by atoms with Crippen molar-refractivity contribution >= 4 is 68.8 Å². The molecule has 2 aliphatic rings. The Bertz CT molecular complexity index is 2110. The van der Waals surface area contributed by atoms with E-state index in [4.69, 9.17) is 44.1 Å². The zero-order chi connectivity index (χ0) is 40.3. The number of ketones is 1. The molecule has 2 atom stereocenters. The standard InChI is InChI=1S/C13H10O7.2C10H9NO3.C4H9.CH3.2Sn/c14-7-2-1-6(11(18)13(7)20)10(17)5-3-8(15)12(19)9(16)4-5;2*1-3-7-11(8-4-2)9(12)5-6-10(13)14;1-3-4-2;;;/h1-4,14-16,18-20H;2*1-2,5-6H,7-8H2,(H,13,14);1,3-4H2,2H3;1H3;;/q;;;;;2*+3/p-6/b;2*6-5-;;;;. The van der Waals surface area contributed by atoms with Crippen LogP contribution in [0.1, 0.15) is 35.7 Å². The van der Waals surface area contributed by atoms with Crippen LogP contribution in [0.5, 0.6) is 34.5 Å². The van der Waals surface area contributed by atoms with E-state index in [9.17, 15) is 34.2 Å². The summed E-state index contributed by atoms with van der Waals surface area (Å²) in [6.45, 7) is 1.61. The fraction of sp³-hybridized carbons (Fsp3) is 0.237. The number of fused-ring (bicyclic) bond motifs is 2. The molecule has 15 nitrogen and oxygen atoms in total. The van der Waals surface area contributed by atoms with Crippen molar-refractivity contribution in [3.05, 3.63) is 59.7 Å². The van der Waals surface area contributed by atoms with Gasteiger partial charge in [-0.3, -0.25) is 0 Å². The summed E-state index contributed by atoms with van der Waals surface area (Å²) < 4.78 is 35.1. The first-order chi connectivity index (χ1) is 26.2. The van der Waals surface area contributed by atoms with E-state index in [1.165, 1.54) is 23.1 Å². The van der Waals surface area contributed by atoms with Gasteiger partial charge in [0.15, 0.2) is 0 Å². The van der Waals surface area contributed by atoms with E-state index in [0.717, 1.165) is 40.2 Å². The molecule has 55 heavy (non-hydrogen) atoms. The molecule has 0 spiro atoms. The summed E-state index contributed by atoms with van der Waals surface area (Å²) in [6, 6.07) is 4.95. The third kappa shape index (κ3) is 10.2. The molecule has 2 amide bonds. The number of rotatable bonds is 15. The summed E-state index contributed by atoms with van der Waals surface area (Å²) in [5.41, 5.74) is -0.400. The Morgan fingerprint density at radius 1 is 0.745 bits per heavy atom. The van der Waals surface area contributed by atoms with Gasteiger partial charge in [0, 0.05) is 0 Å². The molecule has 0 aliphatic carbocycles. The van der Waals surface area contributed by atoms with E-state index in [1.807, 2.05) is 6.92 Å². The minimum atomic E-state index is -4.86. The average molecular weight is 964 g/mol. The van der Waals surface area contributed by atoms with Gasteiger partial charge >= 0.3 is 330 Å². The van der Waals surface area contributed by atoms with E-state index in [1.54, 1.807) is 0 Å². The molecule has 2 N–H and O–H groups in total. The van der Waals surface area contributed by atoms with Gasteiger partial charge in [0.05, 0.1) is 0 Å². The van der Waals surface area contributed by atoms with Gasteiger partial charge in [-0.25, -0.2) is 0 Å². The predicted octanol–water partition coefficient (Wildman–Crippen LogP) is 2.57. The molecule has 0 aromatic heterocycles. The van der Waals surface area contributed by atoms with Crippen molar-refractivity contribution in [1.29, 1.82) is 0 Å². The SMILES string of the molecule is C#CCN(CC#C)C(=O)/C=C\C(=O)[O][Sn]1([CH3])[O]c2cc(C(=O)c3ccc4c(c3O)[O][Sn]([CH2]CCC)([O]C(=O)/C=C\C(=O)N(CC#C)CC#C)[O]4)cc(O)c2[O]1. The summed E-state index contributed by atoms with van der Waals surface area (Å²) in [4.78, 5) is 67.7. The maximum absolute atomic E-state index is 13.7. The Labute approximate surface area is 328 Å². The van der Waals surface area contributed by atoms with Gasteiger partial charge in [-0.2, -0.15) is 0 Å². The number of nitrogens with zero attached hydrogens (tertiary/aromatic N) is 2. The van der Waals surface area contributed by atoms with Crippen LogP contribution in [0.3, 0.4) is 0 Å². The van der Waals surface area contributed by atoms with Crippen molar-refractivity contribution in [3.8, 4) is 83.9 Å². The summed E-state index contributed by atoms with van der Waals surface area (Å²) >= 11 is -9.62. The Morgan fingerprint density at radius 3 is 1.85 bits per heavy atom. The number of carbonyl (C=O) groups excluding carboxylic acids is 5. The predicted molar refractivity (Wildman–Crippen MR) is 198 cm³/mol. The first-order valence-corrected chi connectivity index (χ1v) is 28.3. The van der Waals surface area contributed by atoms with Crippen molar-refractivity contribution < 1.29 is 52.6 Å². The van der Waals surface area contributed by atoms with E-state index in [-0.39, 0.29) is 64.7 Å². The Hall–Kier alpha value is -5.89. The fourth-order valence-corrected chi connectivity index (χ4v) is 17.3. The molecular formula is C38H34N2O13Sn2. The topological polar surface area (TPSA) is 188 Å². The monoisotopic (exact) mass is 966 g/mol. The number of carbonyl (C=O) groups is 5. The molecule has 4 rings (SSSR count). The molecular weight excluding hydrogens is 930 g/mol. The summed E-state index contributed by atoms with van der Waals surface area (Å²) in [5, 5.41) is 22.0. The Kier molecular flexibility index (Phi) is 14.0. The van der Waals surface area contributed by atoms with E-state index in [0.29, 0.717) is 12.8 Å². The second-order valence-corrected chi connectivity index (χ2v) is 25.5. The van der Waals surface area contributed by atoms with Crippen LogP contribution < -0.4 is 12.3 Å². The van der Waals surface area contributed by atoms with E-state index >= 15 is 0 Å². The number of terminal acetylenes is 4. The van der Waals surface area contributed by atoms with Gasteiger partial charge < -0.3 is 0 Å². The van der Waals surface area contributed by atoms with Crippen molar-refractivity contribution in [1.82, 2.24) is 9.80 Å². The Balaban J connectivity index is 1.50. The van der Waals surface area contributed by atoms with Gasteiger partial charge in [-0.15, -0.1) is 0 Å². The summed E-state index contributed by atoms with van der Waals surface area (Å²) in [6.07, 6.45) is 25.9. The number of hydrogen-bond acceptors (Lipinski definition) is 13. The molecule has 17 heteroatoms. The number of hydrogen-bond donors (Lipinski definition) is 2. The van der Waals surface area contributed by atoms with Crippen LogP contribution in [0.15, 0.2) is 48.6 Å². The van der Waals surface area contributed by atoms with Gasteiger partial charge in [0.1, 0.15) is 0 Å². The molecule has 0 saturated heterocycles. The van der Waals surface area contributed by atoms with E-state index < -0.39 is 80.3 Å². The van der Waals surface area contributed by atoms with Gasteiger partial charge in [-0.1, -0.05) is 0 Å². The van der Waals surface area contributed by atoms with Crippen molar-refractivity contribution in [3.63, 3.8) is 0 Å². The first kappa shape index (κ1) is 41.9. The molecule has 2 aromatic carbocycles. The van der Waals surface area contributed by atoms with Crippen molar-refractivity contribution in [2.45, 2.75) is 29.1 Å².